The lowest BCUT2D eigenvalue weighted by Gasteiger charge is -2.06. The number of benzene rings is 1. The Hall–Kier alpha value is -2.10. The van der Waals surface area contributed by atoms with Crippen molar-refractivity contribution >= 4 is 5.91 Å². The summed E-state index contributed by atoms with van der Waals surface area (Å²) >= 11 is 0. The molecule has 1 amide bonds. The van der Waals surface area contributed by atoms with Gasteiger partial charge in [-0.25, -0.2) is 0 Å². The number of aromatic nitrogens is 2. The van der Waals surface area contributed by atoms with E-state index in [-0.39, 0.29) is 5.91 Å². The molecule has 0 bridgehead atoms. The van der Waals surface area contributed by atoms with Crippen molar-refractivity contribution in [3.63, 3.8) is 0 Å². The highest BCUT2D eigenvalue weighted by Gasteiger charge is 2.09. The summed E-state index contributed by atoms with van der Waals surface area (Å²) in [7, 11) is 1.95. The van der Waals surface area contributed by atoms with Gasteiger partial charge in [-0.05, 0) is 38.3 Å². The van der Waals surface area contributed by atoms with Crippen LogP contribution in [0.25, 0.3) is 0 Å². The fourth-order valence-corrected chi connectivity index (χ4v) is 2.58. The topological polar surface area (TPSA) is 46.9 Å². The van der Waals surface area contributed by atoms with E-state index in [4.69, 9.17) is 0 Å². The van der Waals surface area contributed by atoms with E-state index in [1.54, 1.807) is 0 Å². The van der Waals surface area contributed by atoms with Crippen LogP contribution in [0.1, 0.15) is 28.1 Å². The molecule has 2 rings (SSSR count). The lowest BCUT2D eigenvalue weighted by atomic mass is 10.1. The number of carbonyl (C=O) groups excluding carboxylic acids is 1. The molecule has 0 atom stereocenters. The SMILES string of the molecule is Cc1cccc(CC(=O)NCCc2c(C)nn(C)c2C)c1. The Morgan fingerprint density at radius 1 is 1.29 bits per heavy atom. The highest BCUT2D eigenvalue weighted by atomic mass is 16.1. The van der Waals surface area contributed by atoms with Gasteiger partial charge in [-0.3, -0.25) is 9.48 Å². The Balaban J connectivity index is 1.84. The van der Waals surface area contributed by atoms with Crippen LogP contribution in [-0.2, 0) is 24.7 Å². The highest BCUT2D eigenvalue weighted by Crippen LogP contribution is 2.12. The van der Waals surface area contributed by atoms with Gasteiger partial charge in [-0.1, -0.05) is 29.8 Å². The van der Waals surface area contributed by atoms with Crippen LogP contribution in [0.2, 0.25) is 0 Å². The second kappa shape index (κ2) is 6.57. The minimum absolute atomic E-state index is 0.0693. The molecule has 4 heteroatoms. The van der Waals surface area contributed by atoms with Gasteiger partial charge in [0.15, 0.2) is 0 Å². The number of carbonyl (C=O) groups is 1. The summed E-state index contributed by atoms with van der Waals surface area (Å²) in [6.45, 7) is 6.76. The van der Waals surface area contributed by atoms with Crippen LogP contribution >= 0.6 is 0 Å². The largest absolute Gasteiger partial charge is 0.355 e. The average molecular weight is 285 g/mol. The molecule has 0 spiro atoms. The third kappa shape index (κ3) is 3.94. The molecule has 0 aliphatic heterocycles. The lowest BCUT2D eigenvalue weighted by Crippen LogP contribution is -2.27. The first-order valence-corrected chi connectivity index (χ1v) is 7.28. The Kier molecular flexibility index (Phi) is 4.78. The van der Waals surface area contributed by atoms with E-state index in [1.807, 2.05) is 43.8 Å². The predicted molar refractivity (Wildman–Crippen MR) is 84.3 cm³/mol. The second-order valence-corrected chi connectivity index (χ2v) is 5.54. The zero-order chi connectivity index (χ0) is 15.4. The summed E-state index contributed by atoms with van der Waals surface area (Å²) in [6.07, 6.45) is 1.26. The van der Waals surface area contributed by atoms with Crippen molar-refractivity contribution in [1.29, 1.82) is 0 Å². The minimum Gasteiger partial charge on any atom is -0.355 e. The number of nitrogens with one attached hydrogen (secondary N) is 1. The fourth-order valence-electron chi connectivity index (χ4n) is 2.58. The summed E-state index contributed by atoms with van der Waals surface area (Å²) in [5.74, 6) is 0.0693. The molecule has 112 valence electrons. The van der Waals surface area contributed by atoms with Crippen LogP contribution in [0.4, 0.5) is 0 Å². The third-order valence-corrected chi connectivity index (χ3v) is 3.80. The van der Waals surface area contributed by atoms with Crippen LogP contribution in [0.5, 0.6) is 0 Å². The molecule has 0 saturated heterocycles. The lowest BCUT2D eigenvalue weighted by molar-refractivity contribution is -0.120. The monoisotopic (exact) mass is 285 g/mol. The molecule has 0 fully saturated rings. The molecular formula is C17H23N3O. The quantitative estimate of drug-likeness (QED) is 0.916. The summed E-state index contributed by atoms with van der Waals surface area (Å²) in [5, 5.41) is 7.38. The molecule has 2 aromatic rings. The first-order chi connectivity index (χ1) is 9.97. The number of amides is 1. The zero-order valence-corrected chi connectivity index (χ0v) is 13.2. The van der Waals surface area contributed by atoms with E-state index in [2.05, 4.69) is 23.4 Å². The predicted octanol–water partition coefficient (Wildman–Crippen LogP) is 2.25. The molecule has 0 aliphatic rings. The molecular weight excluding hydrogens is 262 g/mol. The fraction of sp³-hybridized carbons (Fsp3) is 0.412. The maximum Gasteiger partial charge on any atom is 0.224 e. The van der Waals surface area contributed by atoms with Crippen LogP contribution in [0.3, 0.4) is 0 Å². The smallest absolute Gasteiger partial charge is 0.224 e. The Morgan fingerprint density at radius 2 is 2.05 bits per heavy atom. The Bertz CT molecular complexity index is 643. The molecule has 0 aliphatic carbocycles. The van der Waals surface area contributed by atoms with Gasteiger partial charge in [-0.2, -0.15) is 5.10 Å². The van der Waals surface area contributed by atoms with Crippen molar-refractivity contribution in [2.45, 2.75) is 33.6 Å². The molecule has 1 N–H and O–H groups in total. The standard InChI is InChI=1S/C17H23N3O/c1-12-6-5-7-15(10-12)11-17(21)18-9-8-16-13(2)19-20(4)14(16)3/h5-7,10H,8-9,11H2,1-4H3,(H,18,21). The van der Waals surface area contributed by atoms with E-state index in [9.17, 15) is 4.79 Å². The maximum absolute atomic E-state index is 12.0. The van der Waals surface area contributed by atoms with Crippen LogP contribution < -0.4 is 5.32 Å². The van der Waals surface area contributed by atoms with Crippen LogP contribution in [0.15, 0.2) is 24.3 Å². The van der Waals surface area contributed by atoms with Crippen LogP contribution in [0, 0.1) is 20.8 Å². The number of rotatable bonds is 5. The van der Waals surface area contributed by atoms with E-state index in [1.165, 1.54) is 16.8 Å². The van der Waals surface area contributed by atoms with Gasteiger partial charge in [0, 0.05) is 19.3 Å². The molecule has 1 heterocycles. The molecule has 21 heavy (non-hydrogen) atoms. The Morgan fingerprint density at radius 3 is 2.67 bits per heavy atom. The van der Waals surface area contributed by atoms with Crippen molar-refractivity contribution in [1.82, 2.24) is 15.1 Å². The van der Waals surface area contributed by atoms with Crippen molar-refractivity contribution in [3.05, 3.63) is 52.3 Å². The molecule has 0 radical (unpaired) electrons. The molecule has 0 saturated carbocycles. The Labute approximate surface area is 126 Å². The van der Waals surface area contributed by atoms with Gasteiger partial charge in [0.05, 0.1) is 12.1 Å². The van der Waals surface area contributed by atoms with Crippen molar-refractivity contribution in [3.8, 4) is 0 Å². The third-order valence-electron chi connectivity index (χ3n) is 3.80. The minimum atomic E-state index is 0.0693. The maximum atomic E-state index is 12.0. The number of hydrogen-bond donors (Lipinski definition) is 1. The number of aryl methyl sites for hydroxylation is 3. The number of nitrogens with zero attached hydrogens (tertiary/aromatic N) is 2. The van der Waals surface area contributed by atoms with E-state index in [0.717, 1.165) is 17.7 Å². The summed E-state index contributed by atoms with van der Waals surface area (Å²) < 4.78 is 1.89. The van der Waals surface area contributed by atoms with Crippen molar-refractivity contribution < 1.29 is 4.79 Å². The average Bonchev–Trinajstić information content (AvgIpc) is 2.65. The van der Waals surface area contributed by atoms with Gasteiger partial charge < -0.3 is 5.32 Å². The van der Waals surface area contributed by atoms with E-state index < -0.39 is 0 Å². The van der Waals surface area contributed by atoms with E-state index >= 15 is 0 Å². The normalized spacial score (nSPS) is 10.7. The van der Waals surface area contributed by atoms with Gasteiger partial charge in [0.1, 0.15) is 0 Å². The van der Waals surface area contributed by atoms with Gasteiger partial charge >= 0.3 is 0 Å². The summed E-state index contributed by atoms with van der Waals surface area (Å²) in [5.41, 5.74) is 5.68. The summed E-state index contributed by atoms with van der Waals surface area (Å²) in [4.78, 5) is 12.0. The second-order valence-electron chi connectivity index (χ2n) is 5.54. The summed E-state index contributed by atoms with van der Waals surface area (Å²) in [6, 6.07) is 8.06. The van der Waals surface area contributed by atoms with Crippen molar-refractivity contribution in [2.24, 2.45) is 7.05 Å². The van der Waals surface area contributed by atoms with Gasteiger partial charge in [0.2, 0.25) is 5.91 Å². The van der Waals surface area contributed by atoms with Crippen LogP contribution in [-0.4, -0.2) is 22.2 Å². The zero-order valence-electron chi connectivity index (χ0n) is 13.2. The van der Waals surface area contributed by atoms with Crippen molar-refractivity contribution in [2.75, 3.05) is 6.54 Å². The van der Waals surface area contributed by atoms with E-state index in [0.29, 0.717) is 13.0 Å². The first kappa shape index (κ1) is 15.3. The molecule has 0 unspecified atom stereocenters. The molecule has 1 aromatic heterocycles. The van der Waals surface area contributed by atoms with Gasteiger partial charge in [0.25, 0.3) is 0 Å². The molecule has 4 nitrogen and oxygen atoms in total. The van der Waals surface area contributed by atoms with Gasteiger partial charge in [-0.15, -0.1) is 0 Å². The highest BCUT2D eigenvalue weighted by molar-refractivity contribution is 5.78. The number of hydrogen-bond acceptors (Lipinski definition) is 2. The first-order valence-electron chi connectivity index (χ1n) is 7.28. The molecule has 1 aromatic carbocycles.